The second kappa shape index (κ2) is 7.98. The monoisotopic (exact) mass is 327 g/mol. The Balaban J connectivity index is 2.89. The summed E-state index contributed by atoms with van der Waals surface area (Å²) in [6, 6.07) is -0.489. The van der Waals surface area contributed by atoms with E-state index in [1.165, 1.54) is 6.08 Å². The standard InChI is InChI=1S/C15H22ClN3O3/c1-6-12(19-11(5)14(16)10(4)18-19)15(21)17-9(3)8-13(20)22-7-2/h8,12H,6-7H2,1-5H3,(H,17,21)/b9-8+. The van der Waals surface area contributed by atoms with Crippen LogP contribution in [0.5, 0.6) is 0 Å². The lowest BCUT2D eigenvalue weighted by atomic mass is 10.2. The zero-order valence-corrected chi connectivity index (χ0v) is 14.3. The summed E-state index contributed by atoms with van der Waals surface area (Å²) in [5.41, 5.74) is 1.85. The Morgan fingerprint density at radius 3 is 2.50 bits per heavy atom. The van der Waals surface area contributed by atoms with E-state index in [-0.39, 0.29) is 5.91 Å². The number of nitrogens with one attached hydrogen (secondary N) is 1. The van der Waals surface area contributed by atoms with Crippen molar-refractivity contribution in [2.45, 2.75) is 47.1 Å². The summed E-state index contributed by atoms with van der Waals surface area (Å²) in [7, 11) is 0. The Labute approximate surface area is 135 Å². The molecule has 6 nitrogen and oxygen atoms in total. The van der Waals surface area contributed by atoms with E-state index >= 15 is 0 Å². The van der Waals surface area contributed by atoms with Crippen molar-refractivity contribution in [1.29, 1.82) is 0 Å². The van der Waals surface area contributed by atoms with Gasteiger partial charge in [-0.2, -0.15) is 5.10 Å². The van der Waals surface area contributed by atoms with Crippen LogP contribution in [0.15, 0.2) is 11.8 Å². The molecule has 0 fully saturated rings. The van der Waals surface area contributed by atoms with Crippen LogP contribution in [0.25, 0.3) is 0 Å². The fourth-order valence-electron chi connectivity index (χ4n) is 2.09. The van der Waals surface area contributed by atoms with Gasteiger partial charge in [-0.05, 0) is 34.1 Å². The van der Waals surface area contributed by atoms with Gasteiger partial charge >= 0.3 is 5.97 Å². The third-order valence-corrected chi connectivity index (χ3v) is 3.71. The van der Waals surface area contributed by atoms with E-state index in [0.29, 0.717) is 29.4 Å². The van der Waals surface area contributed by atoms with Gasteiger partial charge in [-0.1, -0.05) is 18.5 Å². The molecule has 7 heteroatoms. The topological polar surface area (TPSA) is 73.2 Å². The Morgan fingerprint density at radius 1 is 1.41 bits per heavy atom. The first-order valence-corrected chi connectivity index (χ1v) is 7.56. The number of hydrogen-bond donors (Lipinski definition) is 1. The minimum absolute atomic E-state index is 0.247. The zero-order valence-electron chi connectivity index (χ0n) is 13.6. The molecule has 1 rings (SSSR count). The van der Waals surface area contributed by atoms with Gasteiger partial charge in [0, 0.05) is 11.8 Å². The van der Waals surface area contributed by atoms with E-state index in [9.17, 15) is 9.59 Å². The number of carbonyl (C=O) groups excluding carboxylic acids is 2. The molecule has 0 saturated carbocycles. The van der Waals surface area contributed by atoms with E-state index in [1.807, 2.05) is 13.8 Å². The highest BCUT2D eigenvalue weighted by Crippen LogP contribution is 2.23. The van der Waals surface area contributed by atoms with Crippen LogP contribution >= 0.6 is 11.6 Å². The van der Waals surface area contributed by atoms with Crippen LogP contribution in [0.4, 0.5) is 0 Å². The maximum absolute atomic E-state index is 12.4. The molecule has 1 heterocycles. The van der Waals surface area contributed by atoms with Gasteiger partial charge < -0.3 is 10.1 Å². The number of allylic oxidation sites excluding steroid dienone is 1. The molecule has 0 radical (unpaired) electrons. The van der Waals surface area contributed by atoms with E-state index in [1.54, 1.807) is 25.5 Å². The summed E-state index contributed by atoms with van der Waals surface area (Å²) in [5, 5.41) is 7.56. The predicted octanol–water partition coefficient (Wildman–Crippen LogP) is 2.69. The van der Waals surface area contributed by atoms with Crippen molar-refractivity contribution in [1.82, 2.24) is 15.1 Å². The molecular weight excluding hydrogens is 306 g/mol. The maximum Gasteiger partial charge on any atom is 0.332 e. The van der Waals surface area contributed by atoms with Crippen LogP contribution in [-0.4, -0.2) is 28.3 Å². The van der Waals surface area contributed by atoms with Gasteiger partial charge in [-0.15, -0.1) is 0 Å². The number of ether oxygens (including phenoxy) is 1. The number of hydrogen-bond acceptors (Lipinski definition) is 4. The fourth-order valence-corrected chi connectivity index (χ4v) is 2.21. The predicted molar refractivity (Wildman–Crippen MR) is 84.6 cm³/mol. The average molecular weight is 328 g/mol. The number of aryl methyl sites for hydroxylation is 1. The number of esters is 1. The van der Waals surface area contributed by atoms with Crippen molar-refractivity contribution in [3.8, 4) is 0 Å². The third kappa shape index (κ3) is 4.34. The van der Waals surface area contributed by atoms with E-state index in [0.717, 1.165) is 5.69 Å². The van der Waals surface area contributed by atoms with Crippen molar-refractivity contribution in [3.05, 3.63) is 28.2 Å². The van der Waals surface area contributed by atoms with Crippen molar-refractivity contribution in [2.24, 2.45) is 0 Å². The molecule has 0 aromatic carbocycles. The van der Waals surface area contributed by atoms with Crippen molar-refractivity contribution >= 4 is 23.5 Å². The summed E-state index contributed by atoms with van der Waals surface area (Å²) < 4.78 is 6.42. The molecule has 0 saturated heterocycles. The molecule has 0 bridgehead atoms. The zero-order chi connectivity index (χ0) is 16.9. The number of nitrogens with zero attached hydrogens (tertiary/aromatic N) is 2. The van der Waals surface area contributed by atoms with Gasteiger partial charge in [0.05, 0.1) is 23.0 Å². The Bertz CT molecular complexity index is 593. The summed E-state index contributed by atoms with van der Waals surface area (Å²) in [4.78, 5) is 23.8. The van der Waals surface area contributed by atoms with Gasteiger partial charge in [0.2, 0.25) is 5.91 Å². The van der Waals surface area contributed by atoms with Gasteiger partial charge in [0.15, 0.2) is 0 Å². The fraction of sp³-hybridized carbons (Fsp3) is 0.533. The minimum atomic E-state index is -0.489. The van der Waals surface area contributed by atoms with Crippen LogP contribution < -0.4 is 5.32 Å². The second-order valence-electron chi connectivity index (χ2n) is 4.92. The van der Waals surface area contributed by atoms with Crippen LogP contribution in [0.2, 0.25) is 5.02 Å². The normalized spacial score (nSPS) is 12.9. The first kappa shape index (κ1) is 18.2. The summed E-state index contributed by atoms with van der Waals surface area (Å²) in [6.45, 7) is 9.15. The van der Waals surface area contributed by atoms with Gasteiger partial charge in [0.25, 0.3) is 0 Å². The number of halogens is 1. The molecule has 1 N–H and O–H groups in total. The molecule has 1 atom stereocenters. The second-order valence-corrected chi connectivity index (χ2v) is 5.30. The highest BCUT2D eigenvalue weighted by molar-refractivity contribution is 6.31. The van der Waals surface area contributed by atoms with Gasteiger partial charge in [-0.25, -0.2) is 4.79 Å². The summed E-state index contributed by atoms with van der Waals surface area (Å²) >= 11 is 6.13. The lowest BCUT2D eigenvalue weighted by Crippen LogP contribution is -2.32. The van der Waals surface area contributed by atoms with E-state index in [4.69, 9.17) is 16.3 Å². The highest BCUT2D eigenvalue weighted by Gasteiger charge is 2.23. The van der Waals surface area contributed by atoms with E-state index in [2.05, 4.69) is 10.4 Å². The molecule has 1 unspecified atom stereocenters. The Morgan fingerprint density at radius 2 is 2.05 bits per heavy atom. The molecule has 0 aliphatic carbocycles. The number of aromatic nitrogens is 2. The first-order chi connectivity index (χ1) is 10.3. The highest BCUT2D eigenvalue weighted by atomic mass is 35.5. The number of rotatable bonds is 6. The molecule has 1 aromatic rings. The smallest absolute Gasteiger partial charge is 0.332 e. The van der Waals surface area contributed by atoms with Crippen LogP contribution in [0.3, 0.4) is 0 Å². The van der Waals surface area contributed by atoms with Gasteiger partial charge in [0.1, 0.15) is 6.04 Å². The quantitative estimate of drug-likeness (QED) is 0.644. The van der Waals surface area contributed by atoms with Crippen molar-refractivity contribution in [3.63, 3.8) is 0 Å². The van der Waals surface area contributed by atoms with E-state index < -0.39 is 12.0 Å². The van der Waals surface area contributed by atoms with Crippen LogP contribution in [0, 0.1) is 13.8 Å². The number of carbonyl (C=O) groups is 2. The first-order valence-electron chi connectivity index (χ1n) is 7.18. The molecule has 22 heavy (non-hydrogen) atoms. The molecule has 0 aliphatic rings. The van der Waals surface area contributed by atoms with Crippen LogP contribution in [-0.2, 0) is 14.3 Å². The van der Waals surface area contributed by atoms with Crippen LogP contribution in [0.1, 0.15) is 44.6 Å². The molecule has 0 spiro atoms. The Hall–Kier alpha value is -1.82. The van der Waals surface area contributed by atoms with Crippen molar-refractivity contribution in [2.75, 3.05) is 6.61 Å². The average Bonchev–Trinajstić information content (AvgIpc) is 2.67. The summed E-state index contributed by atoms with van der Waals surface area (Å²) in [5.74, 6) is -0.731. The number of amides is 1. The molecule has 1 aromatic heterocycles. The summed E-state index contributed by atoms with van der Waals surface area (Å²) in [6.07, 6.45) is 1.80. The maximum atomic E-state index is 12.4. The molecular formula is C15H22ClN3O3. The molecule has 1 amide bonds. The third-order valence-electron chi connectivity index (χ3n) is 3.16. The minimum Gasteiger partial charge on any atom is -0.463 e. The SMILES string of the molecule is CCOC(=O)/C=C(\C)NC(=O)C(CC)n1nc(C)c(Cl)c1C. The molecule has 0 aliphatic heterocycles. The van der Waals surface area contributed by atoms with Gasteiger partial charge in [-0.3, -0.25) is 9.48 Å². The molecule has 122 valence electrons. The largest absolute Gasteiger partial charge is 0.463 e. The lowest BCUT2D eigenvalue weighted by Gasteiger charge is -2.17. The Kier molecular flexibility index (Phi) is 6.61. The van der Waals surface area contributed by atoms with Crippen molar-refractivity contribution < 1.29 is 14.3 Å². The lowest BCUT2D eigenvalue weighted by molar-refractivity contribution is -0.137.